The van der Waals surface area contributed by atoms with E-state index in [2.05, 4.69) is 35.9 Å². The van der Waals surface area contributed by atoms with Crippen LogP contribution in [0.3, 0.4) is 0 Å². The molecule has 1 aromatic rings. The lowest BCUT2D eigenvalue weighted by molar-refractivity contribution is 0.126. The number of aliphatic hydroxyl groups is 1. The molecule has 120 valence electrons. The van der Waals surface area contributed by atoms with Gasteiger partial charge in [0, 0.05) is 37.5 Å². The third-order valence-corrected chi connectivity index (χ3v) is 5.19. The van der Waals surface area contributed by atoms with E-state index in [1.165, 1.54) is 43.4 Å². The largest absolute Gasteiger partial charge is 0.396 e. The molecule has 1 saturated carbocycles. The molecule has 0 radical (unpaired) electrons. The summed E-state index contributed by atoms with van der Waals surface area (Å²) in [5, 5.41) is 17.6. The highest BCUT2D eigenvalue weighted by atomic mass is 16.3. The lowest BCUT2D eigenvalue weighted by atomic mass is 9.72. The van der Waals surface area contributed by atoms with Crippen molar-refractivity contribution in [2.45, 2.75) is 72.4 Å². The zero-order valence-corrected chi connectivity index (χ0v) is 13.9. The van der Waals surface area contributed by atoms with E-state index < -0.39 is 0 Å². The van der Waals surface area contributed by atoms with Gasteiger partial charge >= 0.3 is 0 Å². The normalized spacial score (nSPS) is 18.1. The van der Waals surface area contributed by atoms with E-state index in [1.54, 1.807) is 0 Å². The number of hydrogen-bond donors (Lipinski definition) is 2. The SMILES string of the molecule is CCn1nc(C)c(CNCC2(CCO)CCCCC2)c1C. The molecule has 0 saturated heterocycles. The van der Waals surface area contributed by atoms with Gasteiger partial charge in [0.05, 0.1) is 5.69 Å². The fraction of sp³-hybridized carbons (Fsp3) is 0.824. The Bertz CT molecular complexity index is 442. The van der Waals surface area contributed by atoms with Gasteiger partial charge < -0.3 is 10.4 Å². The van der Waals surface area contributed by atoms with Gasteiger partial charge in [0.2, 0.25) is 0 Å². The van der Waals surface area contributed by atoms with Crippen molar-refractivity contribution in [1.29, 1.82) is 0 Å². The van der Waals surface area contributed by atoms with Crippen LogP contribution in [-0.2, 0) is 13.1 Å². The predicted molar refractivity (Wildman–Crippen MR) is 86.3 cm³/mol. The average molecular weight is 293 g/mol. The minimum Gasteiger partial charge on any atom is -0.396 e. The van der Waals surface area contributed by atoms with Gasteiger partial charge in [-0.2, -0.15) is 5.10 Å². The predicted octanol–water partition coefficient (Wildman–Crippen LogP) is 2.94. The summed E-state index contributed by atoms with van der Waals surface area (Å²) in [5.74, 6) is 0. The first-order valence-electron chi connectivity index (χ1n) is 8.46. The molecule has 0 amide bonds. The Hall–Kier alpha value is -0.870. The van der Waals surface area contributed by atoms with Crippen molar-refractivity contribution in [3.05, 3.63) is 17.0 Å². The van der Waals surface area contributed by atoms with Gasteiger partial charge in [-0.05, 0) is 45.4 Å². The Morgan fingerprint density at radius 2 is 1.95 bits per heavy atom. The molecular formula is C17H31N3O. The third-order valence-electron chi connectivity index (χ3n) is 5.19. The fourth-order valence-corrected chi connectivity index (χ4v) is 3.80. The highest BCUT2D eigenvalue weighted by Gasteiger charge is 2.31. The van der Waals surface area contributed by atoms with Gasteiger partial charge in [-0.3, -0.25) is 4.68 Å². The number of nitrogens with one attached hydrogen (secondary N) is 1. The molecule has 0 aliphatic heterocycles. The van der Waals surface area contributed by atoms with Crippen molar-refractivity contribution in [2.24, 2.45) is 5.41 Å². The molecule has 4 heteroatoms. The molecule has 21 heavy (non-hydrogen) atoms. The molecule has 0 atom stereocenters. The molecule has 1 aliphatic rings. The van der Waals surface area contributed by atoms with Gasteiger partial charge in [-0.15, -0.1) is 0 Å². The molecule has 0 unspecified atom stereocenters. The minimum absolute atomic E-state index is 0.313. The number of aliphatic hydroxyl groups excluding tert-OH is 1. The second-order valence-corrected chi connectivity index (χ2v) is 6.60. The van der Waals surface area contributed by atoms with E-state index in [0.717, 1.165) is 31.7 Å². The number of rotatable bonds is 7. The maximum atomic E-state index is 9.38. The van der Waals surface area contributed by atoms with E-state index in [1.807, 2.05) is 0 Å². The van der Waals surface area contributed by atoms with Gasteiger partial charge in [0.1, 0.15) is 0 Å². The Kier molecular flexibility index (Phi) is 5.82. The quantitative estimate of drug-likeness (QED) is 0.812. The number of hydrogen-bond acceptors (Lipinski definition) is 3. The maximum Gasteiger partial charge on any atom is 0.0641 e. The van der Waals surface area contributed by atoms with Gasteiger partial charge in [0.15, 0.2) is 0 Å². The Morgan fingerprint density at radius 1 is 1.24 bits per heavy atom. The molecule has 0 bridgehead atoms. The fourth-order valence-electron chi connectivity index (χ4n) is 3.80. The van der Waals surface area contributed by atoms with E-state index >= 15 is 0 Å². The second kappa shape index (κ2) is 7.41. The summed E-state index contributed by atoms with van der Waals surface area (Å²) in [7, 11) is 0. The molecule has 0 aromatic carbocycles. The summed E-state index contributed by atoms with van der Waals surface area (Å²) in [6.07, 6.45) is 7.43. The summed E-state index contributed by atoms with van der Waals surface area (Å²) in [6, 6.07) is 0. The molecule has 2 rings (SSSR count). The molecule has 1 heterocycles. The Labute approximate surface area is 128 Å². The second-order valence-electron chi connectivity index (χ2n) is 6.60. The first-order chi connectivity index (χ1) is 10.1. The van der Waals surface area contributed by atoms with Crippen molar-refractivity contribution in [1.82, 2.24) is 15.1 Å². The van der Waals surface area contributed by atoms with Crippen molar-refractivity contribution in [2.75, 3.05) is 13.2 Å². The summed E-state index contributed by atoms with van der Waals surface area (Å²) < 4.78 is 2.08. The van der Waals surface area contributed by atoms with Crippen LogP contribution in [0.25, 0.3) is 0 Å². The van der Waals surface area contributed by atoms with Gasteiger partial charge in [-0.1, -0.05) is 19.3 Å². The molecular weight excluding hydrogens is 262 g/mol. The standard InChI is InChI=1S/C17H31N3O/c1-4-20-15(3)16(14(2)19-20)12-18-13-17(10-11-21)8-6-5-7-9-17/h18,21H,4-13H2,1-3H3. The number of aryl methyl sites for hydroxylation is 2. The van der Waals surface area contributed by atoms with Gasteiger partial charge in [0.25, 0.3) is 0 Å². The average Bonchev–Trinajstić information content (AvgIpc) is 2.76. The molecule has 1 aromatic heterocycles. The smallest absolute Gasteiger partial charge is 0.0641 e. The lowest BCUT2D eigenvalue weighted by Gasteiger charge is -2.37. The molecule has 0 spiro atoms. The van der Waals surface area contributed by atoms with Gasteiger partial charge in [-0.25, -0.2) is 0 Å². The summed E-state index contributed by atoms with van der Waals surface area (Å²) in [4.78, 5) is 0. The van der Waals surface area contributed by atoms with Crippen molar-refractivity contribution >= 4 is 0 Å². The van der Waals surface area contributed by atoms with Crippen LogP contribution in [-0.4, -0.2) is 28.0 Å². The topological polar surface area (TPSA) is 50.1 Å². The molecule has 2 N–H and O–H groups in total. The van der Waals surface area contributed by atoms with Crippen LogP contribution in [0, 0.1) is 19.3 Å². The van der Waals surface area contributed by atoms with Crippen LogP contribution in [0.1, 0.15) is 62.4 Å². The summed E-state index contributed by atoms with van der Waals surface area (Å²) in [5.41, 5.74) is 4.08. The van der Waals surface area contributed by atoms with Crippen LogP contribution in [0.4, 0.5) is 0 Å². The lowest BCUT2D eigenvalue weighted by Crippen LogP contribution is -2.36. The monoisotopic (exact) mass is 293 g/mol. The zero-order valence-electron chi connectivity index (χ0n) is 13.9. The minimum atomic E-state index is 0.313. The summed E-state index contributed by atoms with van der Waals surface area (Å²) >= 11 is 0. The van der Waals surface area contributed by atoms with Crippen molar-refractivity contribution < 1.29 is 5.11 Å². The molecule has 1 fully saturated rings. The first kappa shape index (κ1) is 16.5. The van der Waals surface area contributed by atoms with Crippen LogP contribution < -0.4 is 5.32 Å². The van der Waals surface area contributed by atoms with E-state index in [0.29, 0.717) is 12.0 Å². The van der Waals surface area contributed by atoms with Crippen LogP contribution in [0.5, 0.6) is 0 Å². The Morgan fingerprint density at radius 3 is 2.52 bits per heavy atom. The van der Waals surface area contributed by atoms with Crippen molar-refractivity contribution in [3.63, 3.8) is 0 Å². The molecule has 4 nitrogen and oxygen atoms in total. The van der Waals surface area contributed by atoms with Crippen LogP contribution in [0.2, 0.25) is 0 Å². The van der Waals surface area contributed by atoms with E-state index in [-0.39, 0.29) is 0 Å². The van der Waals surface area contributed by atoms with Crippen molar-refractivity contribution in [3.8, 4) is 0 Å². The van der Waals surface area contributed by atoms with Crippen LogP contribution >= 0.6 is 0 Å². The van der Waals surface area contributed by atoms with E-state index in [4.69, 9.17) is 0 Å². The van der Waals surface area contributed by atoms with E-state index in [9.17, 15) is 5.11 Å². The first-order valence-corrected chi connectivity index (χ1v) is 8.46. The zero-order chi connectivity index (χ0) is 15.3. The van der Waals surface area contributed by atoms with Crippen LogP contribution in [0.15, 0.2) is 0 Å². The number of nitrogens with zero attached hydrogens (tertiary/aromatic N) is 2. The maximum absolute atomic E-state index is 9.38. The summed E-state index contributed by atoms with van der Waals surface area (Å²) in [6.45, 7) is 9.54. The highest BCUT2D eigenvalue weighted by Crippen LogP contribution is 2.38. The highest BCUT2D eigenvalue weighted by molar-refractivity contribution is 5.24. The molecule has 1 aliphatic carbocycles. The third kappa shape index (κ3) is 3.86. The number of aromatic nitrogens is 2. The Balaban J connectivity index is 1.94.